The first kappa shape index (κ1) is 16.4. The van der Waals surface area contributed by atoms with Crippen molar-refractivity contribution in [2.45, 2.75) is 4.90 Å². The molecule has 0 spiro atoms. The smallest absolute Gasteiger partial charge is 0.248 e. The van der Waals surface area contributed by atoms with Crippen LogP contribution in [0.5, 0.6) is 0 Å². The molecule has 22 heavy (non-hydrogen) atoms. The minimum atomic E-state index is -0.272. The number of hydrogen-bond acceptors (Lipinski definition) is 3. The molecule has 1 amide bonds. The standard InChI is InChI=1S/C16H10Cl2N2OS/c17-12-3-1-11(15(18)9-12)2-8-16(21)20-13-4-6-14(7-5-13)22-10-19/h1-9H,(H,20,21)/b8-2+. The van der Waals surface area contributed by atoms with E-state index in [0.29, 0.717) is 21.3 Å². The van der Waals surface area contributed by atoms with E-state index < -0.39 is 0 Å². The first-order valence-corrected chi connectivity index (χ1v) is 7.76. The number of thiocyanates is 1. The van der Waals surface area contributed by atoms with Gasteiger partial charge in [-0.1, -0.05) is 29.3 Å². The van der Waals surface area contributed by atoms with Gasteiger partial charge >= 0.3 is 0 Å². The van der Waals surface area contributed by atoms with Crippen molar-refractivity contribution in [1.29, 1.82) is 5.26 Å². The Hall–Kier alpha value is -1.93. The molecule has 2 aromatic carbocycles. The Balaban J connectivity index is 2.00. The number of anilines is 1. The third kappa shape index (κ3) is 4.81. The van der Waals surface area contributed by atoms with Gasteiger partial charge in [0.25, 0.3) is 0 Å². The summed E-state index contributed by atoms with van der Waals surface area (Å²) in [6.07, 6.45) is 3.01. The maximum absolute atomic E-state index is 11.9. The summed E-state index contributed by atoms with van der Waals surface area (Å²) in [5.74, 6) is -0.272. The molecular weight excluding hydrogens is 339 g/mol. The number of nitriles is 1. The second-order valence-corrected chi connectivity index (χ2v) is 5.91. The van der Waals surface area contributed by atoms with E-state index in [-0.39, 0.29) is 5.91 Å². The molecule has 0 heterocycles. The van der Waals surface area contributed by atoms with Gasteiger partial charge in [0.15, 0.2) is 0 Å². The normalized spacial score (nSPS) is 10.4. The predicted molar refractivity (Wildman–Crippen MR) is 92.0 cm³/mol. The predicted octanol–water partition coefficient (Wildman–Crippen LogP) is 5.22. The highest BCUT2D eigenvalue weighted by molar-refractivity contribution is 8.03. The van der Waals surface area contributed by atoms with Gasteiger partial charge in [-0.2, -0.15) is 5.26 Å². The number of halogens is 2. The summed E-state index contributed by atoms with van der Waals surface area (Å²) >= 11 is 12.9. The topological polar surface area (TPSA) is 52.9 Å². The highest BCUT2D eigenvalue weighted by Gasteiger charge is 2.01. The van der Waals surface area contributed by atoms with Crippen LogP contribution in [0.2, 0.25) is 10.0 Å². The number of hydrogen-bond donors (Lipinski definition) is 1. The molecule has 0 bridgehead atoms. The van der Waals surface area contributed by atoms with Gasteiger partial charge in [0, 0.05) is 26.7 Å². The Labute approximate surface area is 142 Å². The lowest BCUT2D eigenvalue weighted by molar-refractivity contribution is -0.111. The molecule has 0 saturated heterocycles. The number of carbonyl (C=O) groups excluding carboxylic acids is 1. The number of amides is 1. The van der Waals surface area contributed by atoms with E-state index in [1.165, 1.54) is 6.08 Å². The molecule has 6 heteroatoms. The molecule has 2 aromatic rings. The molecule has 0 aromatic heterocycles. The molecule has 1 N–H and O–H groups in total. The van der Waals surface area contributed by atoms with Crippen molar-refractivity contribution >= 4 is 52.6 Å². The van der Waals surface area contributed by atoms with Crippen LogP contribution in [-0.4, -0.2) is 5.91 Å². The number of thioether (sulfide) groups is 1. The summed E-state index contributed by atoms with van der Waals surface area (Å²) < 4.78 is 0. The van der Waals surface area contributed by atoms with Gasteiger partial charge in [-0.25, -0.2) is 0 Å². The minimum Gasteiger partial charge on any atom is -0.323 e. The molecule has 0 unspecified atom stereocenters. The molecule has 0 aliphatic carbocycles. The molecule has 3 nitrogen and oxygen atoms in total. The van der Waals surface area contributed by atoms with Gasteiger partial charge in [-0.05, 0) is 59.8 Å². The van der Waals surface area contributed by atoms with Crippen LogP contribution < -0.4 is 5.32 Å². The van der Waals surface area contributed by atoms with Gasteiger partial charge in [-0.15, -0.1) is 0 Å². The number of rotatable bonds is 4. The molecule has 0 aliphatic rings. The van der Waals surface area contributed by atoms with E-state index in [0.717, 1.165) is 16.7 Å². The zero-order valence-corrected chi connectivity index (χ0v) is 13.5. The highest BCUT2D eigenvalue weighted by Crippen LogP contribution is 2.22. The fourth-order valence-electron chi connectivity index (χ4n) is 1.65. The van der Waals surface area contributed by atoms with E-state index in [4.69, 9.17) is 28.5 Å². The van der Waals surface area contributed by atoms with Crippen LogP contribution in [-0.2, 0) is 4.79 Å². The van der Waals surface area contributed by atoms with E-state index in [9.17, 15) is 4.79 Å². The maximum atomic E-state index is 11.9. The second-order valence-electron chi connectivity index (χ2n) is 4.21. The summed E-state index contributed by atoms with van der Waals surface area (Å²) in [4.78, 5) is 12.7. The first-order chi connectivity index (χ1) is 10.6. The molecule has 0 fully saturated rings. The Morgan fingerprint density at radius 1 is 1.18 bits per heavy atom. The Kier molecular flexibility index (Phi) is 5.91. The van der Waals surface area contributed by atoms with Crippen LogP contribution in [0, 0.1) is 10.7 Å². The lowest BCUT2D eigenvalue weighted by Gasteiger charge is -2.03. The monoisotopic (exact) mass is 348 g/mol. The molecule has 0 saturated carbocycles. The average Bonchev–Trinajstić information content (AvgIpc) is 2.49. The van der Waals surface area contributed by atoms with E-state index in [1.54, 1.807) is 48.5 Å². The lowest BCUT2D eigenvalue weighted by atomic mass is 10.2. The van der Waals surface area contributed by atoms with E-state index >= 15 is 0 Å². The van der Waals surface area contributed by atoms with Crippen molar-refractivity contribution in [2.24, 2.45) is 0 Å². The lowest BCUT2D eigenvalue weighted by Crippen LogP contribution is -2.07. The van der Waals surface area contributed by atoms with Crippen LogP contribution in [0.25, 0.3) is 6.08 Å². The fraction of sp³-hybridized carbons (Fsp3) is 0. The molecule has 0 aliphatic heterocycles. The largest absolute Gasteiger partial charge is 0.323 e. The van der Waals surface area contributed by atoms with Crippen molar-refractivity contribution in [3.05, 3.63) is 64.1 Å². The van der Waals surface area contributed by atoms with E-state index in [2.05, 4.69) is 5.32 Å². The molecule has 0 atom stereocenters. The van der Waals surface area contributed by atoms with Gasteiger partial charge in [0.1, 0.15) is 5.40 Å². The van der Waals surface area contributed by atoms with Crippen LogP contribution in [0.15, 0.2) is 53.4 Å². The third-order valence-electron chi connectivity index (χ3n) is 2.66. The van der Waals surface area contributed by atoms with Gasteiger partial charge < -0.3 is 5.32 Å². The molecule has 0 radical (unpaired) electrons. The zero-order valence-electron chi connectivity index (χ0n) is 11.2. The van der Waals surface area contributed by atoms with Crippen molar-refractivity contribution in [1.82, 2.24) is 0 Å². The number of benzene rings is 2. The second kappa shape index (κ2) is 7.90. The Morgan fingerprint density at radius 3 is 2.55 bits per heavy atom. The molecular formula is C16H10Cl2N2OS. The Morgan fingerprint density at radius 2 is 1.91 bits per heavy atom. The fourth-order valence-corrected chi connectivity index (χ4v) is 2.49. The highest BCUT2D eigenvalue weighted by atomic mass is 35.5. The molecule has 2 rings (SSSR count). The Bertz CT molecular complexity index is 752. The summed E-state index contributed by atoms with van der Waals surface area (Å²) in [5, 5.41) is 14.3. The quantitative estimate of drug-likeness (QED) is 0.468. The summed E-state index contributed by atoms with van der Waals surface area (Å²) in [6, 6.07) is 12.1. The maximum Gasteiger partial charge on any atom is 0.248 e. The van der Waals surface area contributed by atoms with Crippen LogP contribution in [0.4, 0.5) is 5.69 Å². The van der Waals surface area contributed by atoms with E-state index in [1.807, 2.05) is 5.40 Å². The molecule has 110 valence electrons. The van der Waals surface area contributed by atoms with Gasteiger partial charge in [0.2, 0.25) is 5.91 Å². The number of carbonyl (C=O) groups is 1. The SMILES string of the molecule is N#CSc1ccc(NC(=O)/C=C/c2ccc(Cl)cc2Cl)cc1. The van der Waals surface area contributed by atoms with Crippen molar-refractivity contribution in [3.63, 3.8) is 0 Å². The van der Waals surface area contributed by atoms with Crippen LogP contribution >= 0.6 is 35.0 Å². The number of nitrogens with zero attached hydrogens (tertiary/aromatic N) is 1. The van der Waals surface area contributed by atoms with Crippen LogP contribution in [0.1, 0.15) is 5.56 Å². The van der Waals surface area contributed by atoms with Crippen molar-refractivity contribution < 1.29 is 4.79 Å². The van der Waals surface area contributed by atoms with Crippen molar-refractivity contribution in [2.75, 3.05) is 5.32 Å². The zero-order chi connectivity index (χ0) is 15.9. The third-order valence-corrected chi connectivity index (χ3v) is 3.82. The summed E-state index contributed by atoms with van der Waals surface area (Å²) in [6.45, 7) is 0. The summed E-state index contributed by atoms with van der Waals surface area (Å²) in [5.41, 5.74) is 1.36. The van der Waals surface area contributed by atoms with Crippen molar-refractivity contribution in [3.8, 4) is 5.40 Å². The van der Waals surface area contributed by atoms with Gasteiger partial charge in [-0.3, -0.25) is 4.79 Å². The first-order valence-electron chi connectivity index (χ1n) is 6.18. The van der Waals surface area contributed by atoms with Crippen LogP contribution in [0.3, 0.4) is 0 Å². The summed E-state index contributed by atoms with van der Waals surface area (Å²) in [7, 11) is 0. The minimum absolute atomic E-state index is 0.272. The van der Waals surface area contributed by atoms with Gasteiger partial charge in [0.05, 0.1) is 0 Å². The average molecular weight is 349 g/mol. The number of nitrogens with one attached hydrogen (secondary N) is 1.